The summed E-state index contributed by atoms with van der Waals surface area (Å²) in [6.45, 7) is 1.92. The molecular formula is C9H5Cl3O. The second kappa shape index (κ2) is 3.09. The van der Waals surface area contributed by atoms with Crippen LogP contribution in [0.4, 0.5) is 0 Å². The summed E-state index contributed by atoms with van der Waals surface area (Å²) in [4.78, 5) is 0. The minimum Gasteiger partial charge on any atom is -0.462 e. The van der Waals surface area contributed by atoms with Crippen LogP contribution < -0.4 is 0 Å². The lowest BCUT2D eigenvalue weighted by molar-refractivity contribution is 0.613. The van der Waals surface area contributed by atoms with Crippen LogP contribution in [0.15, 0.2) is 16.7 Å². The monoisotopic (exact) mass is 234 g/mol. The quantitative estimate of drug-likeness (QED) is 0.603. The van der Waals surface area contributed by atoms with Crippen LogP contribution in [-0.4, -0.2) is 0 Å². The third kappa shape index (κ3) is 1.32. The van der Waals surface area contributed by atoms with E-state index in [1.807, 2.05) is 6.92 Å². The van der Waals surface area contributed by atoms with Crippen molar-refractivity contribution in [2.45, 2.75) is 6.92 Å². The molecule has 0 aliphatic carbocycles. The summed E-state index contributed by atoms with van der Waals surface area (Å²) in [5.74, 6) is 0. The van der Waals surface area contributed by atoms with Gasteiger partial charge in [-0.25, -0.2) is 0 Å². The molecule has 0 bridgehead atoms. The normalized spacial score (nSPS) is 11.1. The summed E-state index contributed by atoms with van der Waals surface area (Å²) in [6.07, 6.45) is 1.63. The Bertz CT molecular complexity index is 473. The van der Waals surface area contributed by atoms with Gasteiger partial charge in [0, 0.05) is 5.39 Å². The molecule has 0 aliphatic heterocycles. The van der Waals surface area contributed by atoms with Crippen LogP contribution in [-0.2, 0) is 0 Å². The Morgan fingerprint density at radius 1 is 1.15 bits per heavy atom. The average molecular weight is 235 g/mol. The van der Waals surface area contributed by atoms with Gasteiger partial charge in [0.25, 0.3) is 0 Å². The van der Waals surface area contributed by atoms with E-state index in [-0.39, 0.29) is 0 Å². The van der Waals surface area contributed by atoms with Crippen LogP contribution in [0.2, 0.25) is 15.1 Å². The minimum absolute atomic E-state index is 0.338. The van der Waals surface area contributed by atoms with Crippen LogP contribution in [0, 0.1) is 6.92 Å². The molecule has 0 atom stereocenters. The number of rotatable bonds is 0. The van der Waals surface area contributed by atoms with Gasteiger partial charge >= 0.3 is 0 Å². The predicted molar refractivity (Wildman–Crippen MR) is 56.0 cm³/mol. The van der Waals surface area contributed by atoms with Crippen molar-refractivity contribution in [3.05, 3.63) is 33.0 Å². The highest BCUT2D eigenvalue weighted by Crippen LogP contribution is 2.38. The lowest BCUT2D eigenvalue weighted by atomic mass is 10.2. The van der Waals surface area contributed by atoms with Crippen molar-refractivity contribution < 1.29 is 4.42 Å². The smallest absolute Gasteiger partial charge is 0.154 e. The van der Waals surface area contributed by atoms with E-state index in [1.165, 1.54) is 0 Å². The molecule has 0 aliphatic rings. The number of furan rings is 1. The second-order valence-corrected chi connectivity index (χ2v) is 3.94. The van der Waals surface area contributed by atoms with Crippen molar-refractivity contribution in [1.82, 2.24) is 0 Å². The summed E-state index contributed by atoms with van der Waals surface area (Å²) in [5, 5.41) is 2.06. The Kier molecular flexibility index (Phi) is 2.18. The molecule has 1 aromatic carbocycles. The molecule has 2 rings (SSSR count). The lowest BCUT2D eigenvalue weighted by Gasteiger charge is -1.99. The zero-order chi connectivity index (χ0) is 9.59. The molecular weight excluding hydrogens is 230 g/mol. The number of benzene rings is 1. The molecule has 0 radical (unpaired) electrons. The molecule has 0 saturated carbocycles. The van der Waals surface area contributed by atoms with Gasteiger partial charge in [0.1, 0.15) is 5.02 Å². The van der Waals surface area contributed by atoms with Gasteiger partial charge in [-0.3, -0.25) is 0 Å². The highest BCUT2D eigenvalue weighted by Gasteiger charge is 2.12. The van der Waals surface area contributed by atoms with Crippen LogP contribution in [0.1, 0.15) is 5.56 Å². The van der Waals surface area contributed by atoms with Gasteiger partial charge in [0.2, 0.25) is 0 Å². The third-order valence-corrected chi connectivity index (χ3v) is 3.14. The van der Waals surface area contributed by atoms with E-state index in [9.17, 15) is 0 Å². The minimum atomic E-state index is 0.338. The Labute approximate surface area is 90.2 Å². The summed E-state index contributed by atoms with van der Waals surface area (Å²) in [7, 11) is 0. The van der Waals surface area contributed by atoms with E-state index in [2.05, 4.69) is 0 Å². The fourth-order valence-electron chi connectivity index (χ4n) is 1.20. The summed E-state index contributed by atoms with van der Waals surface area (Å²) in [5.41, 5.74) is 1.59. The standard InChI is InChI=1S/C9H5Cl3O/c1-4-3-13-9-5(4)2-6(10)7(11)8(9)12/h2-3H,1H3. The maximum atomic E-state index is 5.93. The van der Waals surface area contributed by atoms with Gasteiger partial charge in [0.15, 0.2) is 5.58 Å². The first kappa shape index (κ1) is 9.20. The van der Waals surface area contributed by atoms with Gasteiger partial charge in [-0.1, -0.05) is 34.8 Å². The zero-order valence-electron chi connectivity index (χ0n) is 6.70. The van der Waals surface area contributed by atoms with E-state index >= 15 is 0 Å². The third-order valence-electron chi connectivity index (χ3n) is 1.90. The van der Waals surface area contributed by atoms with Gasteiger partial charge in [-0.2, -0.15) is 0 Å². The van der Waals surface area contributed by atoms with E-state index in [0.717, 1.165) is 10.9 Å². The average Bonchev–Trinajstić information content (AvgIpc) is 2.45. The Morgan fingerprint density at radius 3 is 2.54 bits per heavy atom. The molecule has 0 spiro atoms. The zero-order valence-corrected chi connectivity index (χ0v) is 8.96. The molecule has 1 nitrogen and oxygen atoms in total. The van der Waals surface area contributed by atoms with E-state index in [0.29, 0.717) is 20.7 Å². The topological polar surface area (TPSA) is 13.1 Å². The van der Waals surface area contributed by atoms with Crippen molar-refractivity contribution >= 4 is 45.8 Å². The van der Waals surface area contributed by atoms with E-state index < -0.39 is 0 Å². The highest BCUT2D eigenvalue weighted by atomic mass is 35.5. The lowest BCUT2D eigenvalue weighted by Crippen LogP contribution is -1.74. The highest BCUT2D eigenvalue weighted by molar-refractivity contribution is 6.50. The molecule has 1 aromatic heterocycles. The summed E-state index contributed by atoms with van der Waals surface area (Å²) < 4.78 is 5.24. The fourth-order valence-corrected chi connectivity index (χ4v) is 1.84. The van der Waals surface area contributed by atoms with Crippen molar-refractivity contribution in [3.63, 3.8) is 0 Å². The fraction of sp³-hybridized carbons (Fsp3) is 0.111. The van der Waals surface area contributed by atoms with Gasteiger partial charge < -0.3 is 4.42 Å². The molecule has 1 heterocycles. The molecule has 13 heavy (non-hydrogen) atoms. The number of hydrogen-bond donors (Lipinski definition) is 0. The van der Waals surface area contributed by atoms with Gasteiger partial charge in [-0.15, -0.1) is 0 Å². The maximum absolute atomic E-state index is 5.93. The van der Waals surface area contributed by atoms with E-state index in [4.69, 9.17) is 39.2 Å². The Morgan fingerprint density at radius 2 is 1.85 bits per heavy atom. The van der Waals surface area contributed by atoms with Crippen molar-refractivity contribution in [1.29, 1.82) is 0 Å². The van der Waals surface area contributed by atoms with Crippen LogP contribution >= 0.6 is 34.8 Å². The SMILES string of the molecule is Cc1coc2c(Cl)c(Cl)c(Cl)cc12. The first-order chi connectivity index (χ1) is 6.11. The molecule has 0 fully saturated rings. The molecule has 2 aromatic rings. The maximum Gasteiger partial charge on any atom is 0.154 e. The molecule has 0 saturated heterocycles. The van der Waals surface area contributed by atoms with E-state index in [1.54, 1.807) is 12.3 Å². The van der Waals surface area contributed by atoms with Crippen LogP contribution in [0.25, 0.3) is 11.0 Å². The largest absolute Gasteiger partial charge is 0.462 e. The van der Waals surface area contributed by atoms with Crippen molar-refractivity contribution in [2.24, 2.45) is 0 Å². The van der Waals surface area contributed by atoms with Crippen LogP contribution in [0.3, 0.4) is 0 Å². The van der Waals surface area contributed by atoms with Crippen molar-refractivity contribution in [2.75, 3.05) is 0 Å². The summed E-state index contributed by atoms with van der Waals surface area (Å²) >= 11 is 17.6. The summed E-state index contributed by atoms with van der Waals surface area (Å²) in [6, 6.07) is 1.75. The van der Waals surface area contributed by atoms with Crippen LogP contribution in [0.5, 0.6) is 0 Å². The molecule has 0 amide bonds. The number of fused-ring (bicyclic) bond motifs is 1. The first-order valence-corrected chi connectivity index (χ1v) is 4.76. The number of hydrogen-bond acceptors (Lipinski definition) is 1. The van der Waals surface area contributed by atoms with Crippen molar-refractivity contribution in [3.8, 4) is 0 Å². The molecule has 4 heteroatoms. The Balaban J connectivity index is 2.96. The van der Waals surface area contributed by atoms with Gasteiger partial charge in [-0.05, 0) is 18.6 Å². The predicted octanol–water partition coefficient (Wildman–Crippen LogP) is 4.70. The second-order valence-electron chi connectivity index (χ2n) is 2.78. The van der Waals surface area contributed by atoms with Gasteiger partial charge in [0.05, 0.1) is 16.3 Å². The molecule has 68 valence electrons. The number of halogens is 3. The Hall–Kier alpha value is -0.370. The molecule has 0 unspecified atom stereocenters. The molecule has 0 N–H and O–H groups in total. The number of aryl methyl sites for hydroxylation is 1. The first-order valence-electron chi connectivity index (χ1n) is 3.62.